The molecule has 3 nitrogen and oxygen atoms in total. The summed E-state index contributed by atoms with van der Waals surface area (Å²) in [5.74, 6) is -0.101. The predicted octanol–water partition coefficient (Wildman–Crippen LogP) is 2.86. The Morgan fingerprint density at radius 1 is 1.29 bits per heavy atom. The quantitative estimate of drug-likeness (QED) is 0.901. The molecule has 2 rings (SSSR count). The fraction of sp³-hybridized carbons (Fsp3) is 0.571. The fourth-order valence-corrected chi connectivity index (χ4v) is 2.54. The molecule has 0 spiro atoms. The summed E-state index contributed by atoms with van der Waals surface area (Å²) in [5, 5.41) is 3.16. The minimum Gasteiger partial charge on any atom is -0.497 e. The molecule has 1 fully saturated rings. The molecule has 1 N–H and O–H groups in total. The Morgan fingerprint density at radius 3 is 2.48 bits per heavy atom. The summed E-state index contributed by atoms with van der Waals surface area (Å²) in [6.07, 6.45) is -2.82. The van der Waals surface area contributed by atoms with E-state index in [1.807, 2.05) is 4.90 Å². The van der Waals surface area contributed by atoms with E-state index in [2.05, 4.69) is 5.32 Å². The molecule has 0 aliphatic carbocycles. The van der Waals surface area contributed by atoms with E-state index in [0.29, 0.717) is 24.4 Å². The van der Waals surface area contributed by atoms with Gasteiger partial charge in [0.25, 0.3) is 0 Å². The van der Waals surface area contributed by atoms with Gasteiger partial charge in [-0.25, -0.2) is 13.2 Å². The van der Waals surface area contributed by atoms with Gasteiger partial charge in [-0.2, -0.15) is 0 Å². The third-order valence-electron chi connectivity index (χ3n) is 3.56. The molecule has 0 aromatic heterocycles. The van der Waals surface area contributed by atoms with Crippen LogP contribution in [0.15, 0.2) is 18.2 Å². The number of nitrogens with one attached hydrogen (secondary N) is 1. The number of alkyl halides is 2. The Kier molecular flexibility index (Phi) is 7.28. The van der Waals surface area contributed by atoms with E-state index in [0.717, 1.165) is 13.1 Å². The molecule has 0 bridgehead atoms. The Balaban J connectivity index is 0.00000220. The molecule has 7 heteroatoms. The molecule has 1 aromatic carbocycles. The van der Waals surface area contributed by atoms with Crippen molar-refractivity contribution in [2.75, 3.05) is 33.3 Å². The highest BCUT2D eigenvalue weighted by molar-refractivity contribution is 5.85. The number of nitrogens with zero attached hydrogens (tertiary/aromatic N) is 1. The molecule has 1 aromatic rings. The van der Waals surface area contributed by atoms with E-state index < -0.39 is 18.3 Å². The highest BCUT2D eigenvalue weighted by Gasteiger charge is 2.27. The van der Waals surface area contributed by atoms with Crippen LogP contribution in [-0.2, 0) is 0 Å². The van der Waals surface area contributed by atoms with Gasteiger partial charge in [0.1, 0.15) is 11.6 Å². The van der Waals surface area contributed by atoms with Crippen molar-refractivity contribution in [2.24, 2.45) is 0 Å². The van der Waals surface area contributed by atoms with Crippen LogP contribution in [0.1, 0.15) is 18.0 Å². The second-order valence-electron chi connectivity index (χ2n) is 4.82. The van der Waals surface area contributed by atoms with Gasteiger partial charge >= 0.3 is 0 Å². The molecule has 0 amide bonds. The standard InChI is InChI=1S/C14H19F3N2O.ClH/c1-20-10-2-3-11(12(15)8-10)13(9-14(16)17)19-6-4-18-5-7-19;/h2-3,8,13-14,18H,4-7,9H2,1H3;1H/t13-;/m0./s1. The lowest BCUT2D eigenvalue weighted by Gasteiger charge is -2.35. The Labute approximate surface area is 128 Å². The van der Waals surface area contributed by atoms with Crippen LogP contribution in [0.3, 0.4) is 0 Å². The number of hydrogen-bond donors (Lipinski definition) is 1. The number of piperazine rings is 1. The van der Waals surface area contributed by atoms with E-state index in [4.69, 9.17) is 4.74 Å². The largest absolute Gasteiger partial charge is 0.497 e. The molecule has 1 aliphatic heterocycles. The molecular formula is C14H20ClF3N2O. The second kappa shape index (κ2) is 8.46. The van der Waals surface area contributed by atoms with Crippen LogP contribution in [0.5, 0.6) is 5.75 Å². The Bertz CT molecular complexity index is 442. The zero-order chi connectivity index (χ0) is 14.5. The summed E-state index contributed by atoms with van der Waals surface area (Å²) in [6.45, 7) is 2.75. The second-order valence-corrected chi connectivity index (χ2v) is 4.82. The van der Waals surface area contributed by atoms with E-state index >= 15 is 0 Å². The normalized spacial score (nSPS) is 17.4. The lowest BCUT2D eigenvalue weighted by molar-refractivity contribution is 0.0725. The first-order valence-electron chi connectivity index (χ1n) is 6.68. The van der Waals surface area contributed by atoms with Gasteiger partial charge in [0.15, 0.2) is 0 Å². The van der Waals surface area contributed by atoms with Crippen LogP contribution in [-0.4, -0.2) is 44.6 Å². The zero-order valence-corrected chi connectivity index (χ0v) is 12.6. The number of benzene rings is 1. The van der Waals surface area contributed by atoms with Crippen LogP contribution < -0.4 is 10.1 Å². The van der Waals surface area contributed by atoms with E-state index in [1.165, 1.54) is 13.2 Å². The molecular weight excluding hydrogens is 305 g/mol. The first-order chi connectivity index (χ1) is 9.61. The number of ether oxygens (including phenoxy) is 1. The van der Waals surface area contributed by atoms with Crippen LogP contribution in [0, 0.1) is 5.82 Å². The van der Waals surface area contributed by atoms with Crippen molar-refractivity contribution in [3.05, 3.63) is 29.6 Å². The van der Waals surface area contributed by atoms with Crippen molar-refractivity contribution in [1.82, 2.24) is 10.2 Å². The summed E-state index contributed by atoms with van der Waals surface area (Å²) in [7, 11) is 1.45. The Morgan fingerprint density at radius 2 is 1.95 bits per heavy atom. The van der Waals surface area contributed by atoms with Crippen molar-refractivity contribution in [3.63, 3.8) is 0 Å². The van der Waals surface area contributed by atoms with Gasteiger partial charge in [0, 0.05) is 50.3 Å². The van der Waals surface area contributed by atoms with Gasteiger partial charge in [-0.15, -0.1) is 12.4 Å². The molecule has 0 radical (unpaired) electrons. The van der Waals surface area contributed by atoms with Crippen molar-refractivity contribution >= 4 is 12.4 Å². The van der Waals surface area contributed by atoms with Crippen LogP contribution in [0.25, 0.3) is 0 Å². The summed E-state index contributed by atoms with van der Waals surface area (Å²) < 4.78 is 44.7. The summed E-state index contributed by atoms with van der Waals surface area (Å²) in [5.41, 5.74) is 0.313. The van der Waals surface area contributed by atoms with Crippen LogP contribution in [0.4, 0.5) is 13.2 Å². The lowest BCUT2D eigenvalue weighted by Crippen LogP contribution is -2.45. The van der Waals surface area contributed by atoms with Gasteiger partial charge in [0.05, 0.1) is 7.11 Å². The van der Waals surface area contributed by atoms with Gasteiger partial charge < -0.3 is 10.1 Å². The van der Waals surface area contributed by atoms with Crippen molar-refractivity contribution < 1.29 is 17.9 Å². The monoisotopic (exact) mass is 324 g/mol. The average molecular weight is 325 g/mol. The number of methoxy groups -OCH3 is 1. The highest BCUT2D eigenvalue weighted by Crippen LogP contribution is 2.31. The fourth-order valence-electron chi connectivity index (χ4n) is 2.54. The van der Waals surface area contributed by atoms with Crippen molar-refractivity contribution in [2.45, 2.75) is 18.9 Å². The maximum absolute atomic E-state index is 14.1. The number of hydrogen-bond acceptors (Lipinski definition) is 3. The first-order valence-corrected chi connectivity index (χ1v) is 6.68. The average Bonchev–Trinajstić information content (AvgIpc) is 2.45. The predicted molar refractivity (Wildman–Crippen MR) is 78.0 cm³/mol. The van der Waals surface area contributed by atoms with Gasteiger partial charge in [-0.05, 0) is 6.07 Å². The van der Waals surface area contributed by atoms with E-state index in [-0.39, 0.29) is 18.8 Å². The van der Waals surface area contributed by atoms with Gasteiger partial charge in [0.2, 0.25) is 6.43 Å². The molecule has 21 heavy (non-hydrogen) atoms. The summed E-state index contributed by atoms with van der Waals surface area (Å²) >= 11 is 0. The van der Waals surface area contributed by atoms with Crippen molar-refractivity contribution in [3.8, 4) is 5.75 Å². The van der Waals surface area contributed by atoms with Crippen LogP contribution in [0.2, 0.25) is 0 Å². The van der Waals surface area contributed by atoms with Gasteiger partial charge in [-0.1, -0.05) is 6.07 Å². The third-order valence-corrected chi connectivity index (χ3v) is 3.56. The van der Waals surface area contributed by atoms with E-state index in [1.54, 1.807) is 12.1 Å². The van der Waals surface area contributed by atoms with Crippen LogP contribution >= 0.6 is 12.4 Å². The Hall–Kier alpha value is -0.980. The lowest BCUT2D eigenvalue weighted by atomic mass is 10.0. The van der Waals surface area contributed by atoms with Gasteiger partial charge in [-0.3, -0.25) is 4.90 Å². The minimum absolute atomic E-state index is 0. The summed E-state index contributed by atoms with van der Waals surface area (Å²) in [4.78, 5) is 1.91. The molecule has 1 aliphatic rings. The molecule has 1 heterocycles. The maximum Gasteiger partial charge on any atom is 0.240 e. The maximum atomic E-state index is 14.1. The van der Waals surface area contributed by atoms with Crippen molar-refractivity contribution in [1.29, 1.82) is 0 Å². The molecule has 0 unspecified atom stereocenters. The number of rotatable bonds is 5. The van der Waals surface area contributed by atoms with E-state index in [9.17, 15) is 13.2 Å². The molecule has 0 saturated carbocycles. The zero-order valence-electron chi connectivity index (χ0n) is 11.8. The molecule has 120 valence electrons. The smallest absolute Gasteiger partial charge is 0.240 e. The molecule has 1 saturated heterocycles. The first kappa shape index (κ1) is 18.1. The summed E-state index contributed by atoms with van der Waals surface area (Å²) in [6, 6.07) is 3.81. The minimum atomic E-state index is -2.46. The topological polar surface area (TPSA) is 24.5 Å². The number of halogens is 4. The molecule has 1 atom stereocenters. The SMILES string of the molecule is COc1ccc([C@H](CC(F)F)N2CCNCC2)c(F)c1.Cl. The highest BCUT2D eigenvalue weighted by atomic mass is 35.5. The third kappa shape index (κ3) is 4.76.